The number of thioether (sulfide) groups is 1. The summed E-state index contributed by atoms with van der Waals surface area (Å²) in [5.74, 6) is -0.228. The SMILES string of the molecule is CCC1CN=C(Nc2cc(C)ccc2F)S1. The van der Waals surface area contributed by atoms with Gasteiger partial charge in [-0.3, -0.25) is 4.99 Å². The first-order valence-electron chi connectivity index (χ1n) is 5.43. The molecule has 1 aromatic rings. The van der Waals surface area contributed by atoms with E-state index in [-0.39, 0.29) is 5.82 Å². The van der Waals surface area contributed by atoms with Gasteiger partial charge in [0.15, 0.2) is 5.17 Å². The van der Waals surface area contributed by atoms with Gasteiger partial charge in [-0.2, -0.15) is 0 Å². The zero-order valence-corrected chi connectivity index (χ0v) is 10.3. The molecule has 2 nitrogen and oxygen atoms in total. The molecule has 0 aromatic heterocycles. The van der Waals surface area contributed by atoms with Crippen LogP contribution in [0, 0.1) is 12.7 Å². The minimum absolute atomic E-state index is 0.228. The number of nitrogens with zero attached hydrogens (tertiary/aromatic N) is 1. The molecule has 0 amide bonds. The van der Waals surface area contributed by atoms with Gasteiger partial charge in [0, 0.05) is 5.25 Å². The number of amidine groups is 1. The van der Waals surface area contributed by atoms with Crippen molar-refractivity contribution >= 4 is 22.6 Å². The lowest BCUT2D eigenvalue weighted by molar-refractivity contribution is 0.632. The smallest absolute Gasteiger partial charge is 0.161 e. The maximum absolute atomic E-state index is 13.5. The van der Waals surface area contributed by atoms with Crippen molar-refractivity contribution in [2.45, 2.75) is 25.5 Å². The summed E-state index contributed by atoms with van der Waals surface area (Å²) >= 11 is 1.69. The molecule has 1 N–H and O–H groups in total. The molecular weight excluding hydrogens is 223 g/mol. The van der Waals surface area contributed by atoms with E-state index >= 15 is 0 Å². The third-order valence-electron chi connectivity index (χ3n) is 2.54. The topological polar surface area (TPSA) is 24.4 Å². The Morgan fingerprint density at radius 2 is 2.38 bits per heavy atom. The molecule has 0 saturated carbocycles. The van der Waals surface area contributed by atoms with Crippen LogP contribution in [0.25, 0.3) is 0 Å². The highest BCUT2D eigenvalue weighted by molar-refractivity contribution is 8.15. The quantitative estimate of drug-likeness (QED) is 0.853. The highest BCUT2D eigenvalue weighted by Crippen LogP contribution is 2.25. The second-order valence-corrected chi connectivity index (χ2v) is 5.19. The van der Waals surface area contributed by atoms with Gasteiger partial charge in [-0.05, 0) is 31.0 Å². The molecule has 0 fully saturated rings. The molecule has 0 bridgehead atoms. The average Bonchev–Trinajstić information content (AvgIpc) is 2.71. The van der Waals surface area contributed by atoms with Crippen molar-refractivity contribution in [3.05, 3.63) is 29.6 Å². The molecule has 0 radical (unpaired) electrons. The van der Waals surface area contributed by atoms with Crippen LogP contribution < -0.4 is 5.32 Å². The van der Waals surface area contributed by atoms with Gasteiger partial charge in [0.1, 0.15) is 5.82 Å². The number of aryl methyl sites for hydroxylation is 1. The number of hydrogen-bond donors (Lipinski definition) is 1. The summed E-state index contributed by atoms with van der Waals surface area (Å²) in [4.78, 5) is 4.36. The van der Waals surface area contributed by atoms with Crippen LogP contribution in [-0.4, -0.2) is 17.0 Å². The second kappa shape index (κ2) is 4.87. The fourth-order valence-corrected chi connectivity index (χ4v) is 2.50. The maximum atomic E-state index is 13.5. The van der Waals surface area contributed by atoms with Gasteiger partial charge in [0.25, 0.3) is 0 Å². The van der Waals surface area contributed by atoms with Gasteiger partial charge in [-0.1, -0.05) is 24.8 Å². The Morgan fingerprint density at radius 3 is 3.06 bits per heavy atom. The van der Waals surface area contributed by atoms with Crippen molar-refractivity contribution in [3.8, 4) is 0 Å². The van der Waals surface area contributed by atoms with Crippen LogP contribution in [0.2, 0.25) is 0 Å². The van der Waals surface area contributed by atoms with E-state index < -0.39 is 0 Å². The van der Waals surface area contributed by atoms with Gasteiger partial charge >= 0.3 is 0 Å². The number of benzene rings is 1. The Bertz CT molecular complexity index is 417. The maximum Gasteiger partial charge on any atom is 0.161 e. The van der Waals surface area contributed by atoms with E-state index in [4.69, 9.17) is 0 Å². The van der Waals surface area contributed by atoms with Gasteiger partial charge in [-0.25, -0.2) is 4.39 Å². The molecule has 2 rings (SSSR count). The number of rotatable bonds is 2. The number of anilines is 1. The number of aliphatic imine (C=N–C) groups is 1. The summed E-state index contributed by atoms with van der Waals surface area (Å²) in [5, 5.41) is 4.42. The van der Waals surface area contributed by atoms with Crippen LogP contribution >= 0.6 is 11.8 Å². The molecule has 0 spiro atoms. The number of nitrogens with one attached hydrogen (secondary N) is 1. The highest BCUT2D eigenvalue weighted by atomic mass is 32.2. The summed E-state index contributed by atoms with van der Waals surface area (Å²) in [6.07, 6.45) is 1.09. The van der Waals surface area contributed by atoms with Crippen molar-refractivity contribution in [2.24, 2.45) is 4.99 Å². The minimum Gasteiger partial charge on any atom is -0.333 e. The monoisotopic (exact) mass is 238 g/mol. The van der Waals surface area contributed by atoms with Crippen LogP contribution in [0.1, 0.15) is 18.9 Å². The van der Waals surface area contributed by atoms with Gasteiger partial charge in [0.05, 0.1) is 12.2 Å². The van der Waals surface area contributed by atoms with Crippen molar-refractivity contribution in [2.75, 3.05) is 11.9 Å². The third-order valence-corrected chi connectivity index (χ3v) is 3.81. The van der Waals surface area contributed by atoms with Crippen LogP contribution in [0.3, 0.4) is 0 Å². The third kappa shape index (κ3) is 2.55. The van der Waals surface area contributed by atoms with E-state index in [1.54, 1.807) is 23.9 Å². The lowest BCUT2D eigenvalue weighted by Crippen LogP contribution is -2.08. The van der Waals surface area contributed by atoms with E-state index in [1.165, 1.54) is 6.07 Å². The number of halogens is 1. The lowest BCUT2D eigenvalue weighted by atomic mass is 10.2. The van der Waals surface area contributed by atoms with Gasteiger partial charge < -0.3 is 5.32 Å². The summed E-state index contributed by atoms with van der Waals surface area (Å²) in [5.41, 5.74) is 1.56. The fourth-order valence-electron chi connectivity index (χ4n) is 1.55. The summed E-state index contributed by atoms with van der Waals surface area (Å²) < 4.78 is 13.5. The van der Waals surface area contributed by atoms with Crippen LogP contribution in [0.5, 0.6) is 0 Å². The van der Waals surface area contributed by atoms with Gasteiger partial charge in [-0.15, -0.1) is 0 Å². The molecule has 0 saturated heterocycles. The van der Waals surface area contributed by atoms with Crippen molar-refractivity contribution in [1.29, 1.82) is 0 Å². The first kappa shape index (κ1) is 11.5. The summed E-state index contributed by atoms with van der Waals surface area (Å²) in [6, 6.07) is 5.05. The normalized spacial score (nSPS) is 19.7. The Kier molecular flexibility index (Phi) is 3.49. The first-order valence-corrected chi connectivity index (χ1v) is 6.31. The van der Waals surface area contributed by atoms with Crippen molar-refractivity contribution < 1.29 is 4.39 Å². The molecule has 1 aliphatic heterocycles. The molecule has 1 unspecified atom stereocenters. The van der Waals surface area contributed by atoms with Crippen LogP contribution in [0.15, 0.2) is 23.2 Å². The summed E-state index contributed by atoms with van der Waals surface area (Å²) in [7, 11) is 0. The Balaban J connectivity index is 2.07. The molecule has 86 valence electrons. The minimum atomic E-state index is -0.228. The Morgan fingerprint density at radius 1 is 1.56 bits per heavy atom. The highest BCUT2D eigenvalue weighted by Gasteiger charge is 2.18. The number of hydrogen-bond acceptors (Lipinski definition) is 3. The molecule has 1 atom stereocenters. The van der Waals surface area contributed by atoms with E-state index in [1.807, 2.05) is 6.92 Å². The molecule has 1 aromatic carbocycles. The Hall–Kier alpha value is -1.03. The van der Waals surface area contributed by atoms with Crippen molar-refractivity contribution in [3.63, 3.8) is 0 Å². The average molecular weight is 238 g/mol. The van der Waals surface area contributed by atoms with E-state index in [9.17, 15) is 4.39 Å². The Labute approximate surface area is 99.3 Å². The fraction of sp³-hybridized carbons (Fsp3) is 0.417. The standard InChI is InChI=1S/C12H15FN2S/c1-3-9-7-14-12(16-9)15-11-6-8(2)4-5-10(11)13/h4-6,9H,3,7H2,1-2H3,(H,14,15). The van der Waals surface area contributed by atoms with E-state index in [2.05, 4.69) is 17.2 Å². The van der Waals surface area contributed by atoms with Crippen molar-refractivity contribution in [1.82, 2.24) is 0 Å². The predicted octanol–water partition coefficient (Wildman–Crippen LogP) is 3.43. The zero-order chi connectivity index (χ0) is 11.5. The second-order valence-electron chi connectivity index (χ2n) is 3.90. The largest absolute Gasteiger partial charge is 0.333 e. The van der Waals surface area contributed by atoms with E-state index in [0.29, 0.717) is 10.9 Å². The molecule has 4 heteroatoms. The van der Waals surface area contributed by atoms with Gasteiger partial charge in [0.2, 0.25) is 0 Å². The first-order chi connectivity index (χ1) is 7.69. The lowest BCUT2D eigenvalue weighted by Gasteiger charge is -2.08. The van der Waals surface area contributed by atoms with Crippen LogP contribution in [0.4, 0.5) is 10.1 Å². The predicted molar refractivity (Wildman–Crippen MR) is 68.7 cm³/mol. The molecule has 1 heterocycles. The summed E-state index contributed by atoms with van der Waals surface area (Å²) in [6.45, 7) is 4.92. The van der Waals surface area contributed by atoms with Crippen LogP contribution in [-0.2, 0) is 0 Å². The molecular formula is C12H15FN2S. The molecule has 1 aliphatic rings. The molecule has 0 aliphatic carbocycles. The van der Waals surface area contributed by atoms with E-state index in [0.717, 1.165) is 23.7 Å². The molecule has 16 heavy (non-hydrogen) atoms. The zero-order valence-electron chi connectivity index (χ0n) is 9.46.